The van der Waals surface area contributed by atoms with Gasteiger partial charge in [0.15, 0.2) is 0 Å². The van der Waals surface area contributed by atoms with Crippen LogP contribution in [0.5, 0.6) is 0 Å². The summed E-state index contributed by atoms with van der Waals surface area (Å²) in [5.41, 5.74) is 14.2. The second-order valence-corrected chi connectivity index (χ2v) is 12.2. The van der Waals surface area contributed by atoms with E-state index in [0.29, 0.717) is 0 Å². The van der Waals surface area contributed by atoms with Gasteiger partial charge >= 0.3 is 0 Å². The fourth-order valence-electron chi connectivity index (χ4n) is 7.14. The number of rotatable bonds is 6. The molecule has 9 rings (SSSR count). The Labute approximate surface area is 280 Å². The van der Waals surface area contributed by atoms with Gasteiger partial charge < -0.3 is 9.30 Å². The third-order valence-corrected chi connectivity index (χ3v) is 9.37. The predicted octanol–water partition coefficient (Wildman–Crippen LogP) is 12.7. The predicted molar refractivity (Wildman–Crippen MR) is 203 cm³/mol. The number of nitrogens with zero attached hydrogens (tertiary/aromatic N) is 2. The Bertz CT molecular complexity index is 2430. The molecule has 0 unspecified atom stereocenters. The molecule has 48 heavy (non-hydrogen) atoms. The van der Waals surface area contributed by atoms with Crippen LogP contribution in [0.3, 0.4) is 0 Å². The monoisotopic (exact) mass is 612 g/mol. The zero-order valence-electron chi connectivity index (χ0n) is 26.4. The number of para-hydroxylation sites is 2. The number of pyridine rings is 1. The van der Waals surface area contributed by atoms with Crippen molar-refractivity contribution in [3.05, 3.63) is 194 Å². The van der Waals surface area contributed by atoms with Crippen LogP contribution in [0.2, 0.25) is 0 Å². The summed E-state index contributed by atoms with van der Waals surface area (Å²) < 4.78 is 2.46. The van der Waals surface area contributed by atoms with Gasteiger partial charge in [-0.1, -0.05) is 152 Å². The van der Waals surface area contributed by atoms with Gasteiger partial charge in [-0.3, -0.25) is 0 Å². The van der Waals surface area contributed by atoms with E-state index in [-0.39, 0.29) is 0 Å². The summed E-state index contributed by atoms with van der Waals surface area (Å²) >= 11 is 0. The highest BCUT2D eigenvalue weighted by Crippen LogP contribution is 2.44. The van der Waals surface area contributed by atoms with E-state index in [4.69, 9.17) is 0 Å². The fraction of sp³-hybridized carbons (Fsp3) is 0. The maximum absolute atomic E-state index is 2.46. The molecule has 0 amide bonds. The summed E-state index contributed by atoms with van der Waals surface area (Å²) in [6.45, 7) is 0. The van der Waals surface area contributed by atoms with Gasteiger partial charge in [-0.05, 0) is 70.3 Å². The molecule has 0 saturated heterocycles. The molecular formula is C46H32N2. The molecular weight excluding hydrogens is 581 g/mol. The van der Waals surface area contributed by atoms with E-state index >= 15 is 0 Å². The minimum absolute atomic E-state index is 1.10. The van der Waals surface area contributed by atoms with Crippen LogP contribution < -0.4 is 4.90 Å². The van der Waals surface area contributed by atoms with Crippen LogP contribution in [0.4, 0.5) is 17.1 Å². The Balaban J connectivity index is 1.30. The Morgan fingerprint density at radius 3 is 1.42 bits per heavy atom. The minimum atomic E-state index is 1.10. The highest BCUT2D eigenvalue weighted by atomic mass is 15.2. The molecule has 0 atom stereocenters. The maximum Gasteiger partial charge on any atom is 0.0775 e. The third kappa shape index (κ3) is 4.74. The normalized spacial score (nSPS) is 11.3. The average molecular weight is 613 g/mol. The molecule has 2 aromatic heterocycles. The average Bonchev–Trinajstić information content (AvgIpc) is 3.51. The van der Waals surface area contributed by atoms with Crippen molar-refractivity contribution < 1.29 is 0 Å². The summed E-state index contributed by atoms with van der Waals surface area (Å²) in [6.07, 6.45) is 0. The molecule has 7 aromatic carbocycles. The summed E-state index contributed by atoms with van der Waals surface area (Å²) in [4.78, 5) is 2.41. The molecule has 0 aliphatic carbocycles. The van der Waals surface area contributed by atoms with Gasteiger partial charge in [-0.25, -0.2) is 0 Å². The third-order valence-electron chi connectivity index (χ3n) is 9.37. The smallest absolute Gasteiger partial charge is 0.0775 e. The first-order chi connectivity index (χ1) is 23.8. The number of benzene rings is 7. The van der Waals surface area contributed by atoms with Crippen molar-refractivity contribution in [2.75, 3.05) is 4.90 Å². The first-order valence-electron chi connectivity index (χ1n) is 16.4. The molecule has 0 bridgehead atoms. The van der Waals surface area contributed by atoms with Gasteiger partial charge in [0.1, 0.15) is 0 Å². The summed E-state index contributed by atoms with van der Waals surface area (Å²) in [6, 6.07) is 69.8. The molecule has 0 spiro atoms. The Hall–Kier alpha value is -6.38. The Kier molecular flexibility index (Phi) is 6.84. The molecule has 0 aliphatic heterocycles. The van der Waals surface area contributed by atoms with E-state index in [1.807, 2.05) is 0 Å². The lowest BCUT2D eigenvalue weighted by Gasteiger charge is -2.27. The molecule has 2 nitrogen and oxygen atoms in total. The van der Waals surface area contributed by atoms with E-state index in [0.717, 1.165) is 17.1 Å². The SMILES string of the molecule is c1ccc(-c2ccc(N(c3ccc(-c4ccccc4)cc3)c3cccc4ccc5c(-c6ccccc6)c6ccccc6n5c34)cc2)cc1. The number of hydrogen-bond donors (Lipinski definition) is 0. The molecule has 0 saturated carbocycles. The van der Waals surface area contributed by atoms with Gasteiger partial charge in [0.25, 0.3) is 0 Å². The van der Waals surface area contributed by atoms with E-state index in [1.165, 1.54) is 60.7 Å². The van der Waals surface area contributed by atoms with Crippen molar-refractivity contribution in [2.45, 2.75) is 0 Å². The maximum atomic E-state index is 2.46. The van der Waals surface area contributed by atoms with Gasteiger partial charge in [0.2, 0.25) is 0 Å². The second kappa shape index (κ2) is 11.8. The first kappa shape index (κ1) is 27.9. The van der Waals surface area contributed by atoms with Crippen LogP contribution in [0, 0.1) is 0 Å². The molecule has 9 aromatic rings. The Morgan fingerprint density at radius 1 is 0.333 bits per heavy atom. The van der Waals surface area contributed by atoms with Crippen LogP contribution in [-0.4, -0.2) is 4.40 Å². The van der Waals surface area contributed by atoms with Crippen LogP contribution in [0.1, 0.15) is 0 Å². The van der Waals surface area contributed by atoms with Crippen LogP contribution in [0.15, 0.2) is 194 Å². The van der Waals surface area contributed by atoms with Crippen molar-refractivity contribution in [2.24, 2.45) is 0 Å². The zero-order valence-corrected chi connectivity index (χ0v) is 26.4. The number of hydrogen-bond acceptors (Lipinski definition) is 1. The van der Waals surface area contributed by atoms with Crippen molar-refractivity contribution in [1.82, 2.24) is 4.40 Å². The van der Waals surface area contributed by atoms with Crippen LogP contribution >= 0.6 is 0 Å². The van der Waals surface area contributed by atoms with Crippen molar-refractivity contribution in [3.8, 4) is 33.4 Å². The minimum Gasteiger partial charge on any atom is -0.308 e. The zero-order chi connectivity index (χ0) is 31.9. The molecule has 0 fully saturated rings. The van der Waals surface area contributed by atoms with Crippen molar-refractivity contribution in [1.29, 1.82) is 0 Å². The van der Waals surface area contributed by atoms with E-state index in [1.54, 1.807) is 0 Å². The molecule has 0 radical (unpaired) electrons. The lowest BCUT2D eigenvalue weighted by atomic mass is 10.0. The lowest BCUT2D eigenvalue weighted by molar-refractivity contribution is 1.26. The molecule has 2 heterocycles. The number of aromatic nitrogens is 1. The topological polar surface area (TPSA) is 7.65 Å². The van der Waals surface area contributed by atoms with Crippen molar-refractivity contribution >= 4 is 44.4 Å². The van der Waals surface area contributed by atoms with E-state index < -0.39 is 0 Å². The summed E-state index contributed by atoms with van der Waals surface area (Å²) in [7, 11) is 0. The molecule has 2 heteroatoms. The Morgan fingerprint density at radius 2 is 0.833 bits per heavy atom. The summed E-state index contributed by atoms with van der Waals surface area (Å²) in [5.74, 6) is 0. The lowest BCUT2D eigenvalue weighted by Crippen LogP contribution is -2.11. The number of fused-ring (bicyclic) bond motifs is 5. The summed E-state index contributed by atoms with van der Waals surface area (Å²) in [5, 5.41) is 2.43. The van der Waals surface area contributed by atoms with Crippen LogP contribution in [-0.2, 0) is 0 Å². The van der Waals surface area contributed by atoms with Crippen LogP contribution in [0.25, 0.3) is 60.7 Å². The van der Waals surface area contributed by atoms with Gasteiger partial charge in [-0.15, -0.1) is 0 Å². The largest absolute Gasteiger partial charge is 0.308 e. The van der Waals surface area contributed by atoms with E-state index in [2.05, 4.69) is 203 Å². The highest BCUT2D eigenvalue weighted by molar-refractivity contribution is 6.10. The standard InChI is InChI=1S/C46H32N2/c1-4-13-33(14-5-1)35-23-28-39(29-24-35)47(40-30-25-36(26-31-40)34-15-6-2-7-16-34)44-22-12-19-38-27-32-43-45(37-17-8-3-9-18-37)41-20-10-11-21-42(41)48(43)46(38)44/h1-32H. The second-order valence-electron chi connectivity index (χ2n) is 12.2. The van der Waals surface area contributed by atoms with Gasteiger partial charge in [0.05, 0.1) is 22.2 Å². The first-order valence-corrected chi connectivity index (χ1v) is 16.4. The van der Waals surface area contributed by atoms with Crippen molar-refractivity contribution in [3.63, 3.8) is 0 Å². The number of anilines is 3. The highest BCUT2D eigenvalue weighted by Gasteiger charge is 2.21. The fourth-order valence-corrected chi connectivity index (χ4v) is 7.14. The molecule has 226 valence electrons. The van der Waals surface area contributed by atoms with Gasteiger partial charge in [-0.2, -0.15) is 0 Å². The van der Waals surface area contributed by atoms with E-state index in [9.17, 15) is 0 Å². The quantitative estimate of drug-likeness (QED) is 0.181. The van der Waals surface area contributed by atoms with Gasteiger partial charge in [0, 0.05) is 27.7 Å². The molecule has 0 aliphatic rings. The molecule has 0 N–H and O–H groups in total.